The summed E-state index contributed by atoms with van der Waals surface area (Å²) in [5, 5.41) is 51.0. The number of hydrogen-bond donors (Lipinski definition) is 5. The van der Waals surface area contributed by atoms with Gasteiger partial charge in [0, 0.05) is 0 Å². The quantitative estimate of drug-likeness (QED) is 0.314. The van der Waals surface area contributed by atoms with E-state index in [9.17, 15) is 20.4 Å². The molecule has 23 heavy (non-hydrogen) atoms. The van der Waals surface area contributed by atoms with Crippen LogP contribution in [0.4, 0.5) is 0 Å². The van der Waals surface area contributed by atoms with Crippen LogP contribution < -0.4 is 0 Å². The van der Waals surface area contributed by atoms with E-state index >= 15 is 0 Å². The molecular weight excluding hydrogens is 302 g/mol. The first-order valence-electron chi connectivity index (χ1n) is 8.47. The highest BCUT2D eigenvalue weighted by atomic mass is 16.6. The molecule has 4 rings (SSSR count). The van der Waals surface area contributed by atoms with Gasteiger partial charge in [-0.15, -0.1) is 0 Å². The van der Waals surface area contributed by atoms with E-state index in [1.165, 1.54) is 19.3 Å². The SMILES string of the molecule is OCC(O)C(O)C(O)C(O)/C=N/OC12CC3CC(CC(C3)C1)C2. The monoisotopic (exact) mass is 329 g/mol. The van der Waals surface area contributed by atoms with Crippen LogP contribution in [-0.2, 0) is 4.84 Å². The molecule has 132 valence electrons. The lowest BCUT2D eigenvalue weighted by Crippen LogP contribution is -2.51. The van der Waals surface area contributed by atoms with Crippen LogP contribution in [0.2, 0.25) is 0 Å². The summed E-state index contributed by atoms with van der Waals surface area (Å²) in [6.45, 7) is -0.703. The van der Waals surface area contributed by atoms with Gasteiger partial charge in [0.25, 0.3) is 0 Å². The molecule has 0 saturated heterocycles. The molecule has 5 N–H and O–H groups in total. The van der Waals surface area contributed by atoms with Gasteiger partial charge in [0.2, 0.25) is 0 Å². The van der Waals surface area contributed by atoms with Gasteiger partial charge in [-0.2, -0.15) is 0 Å². The van der Waals surface area contributed by atoms with Gasteiger partial charge < -0.3 is 30.4 Å². The van der Waals surface area contributed by atoms with Gasteiger partial charge in [0.15, 0.2) is 0 Å². The van der Waals surface area contributed by atoms with Crippen molar-refractivity contribution < 1.29 is 30.4 Å². The van der Waals surface area contributed by atoms with Crippen LogP contribution >= 0.6 is 0 Å². The van der Waals surface area contributed by atoms with Crippen molar-refractivity contribution in [2.24, 2.45) is 22.9 Å². The number of rotatable bonds is 7. The molecule has 7 nitrogen and oxygen atoms in total. The summed E-state index contributed by atoms with van der Waals surface area (Å²) in [7, 11) is 0. The minimum atomic E-state index is -1.65. The minimum Gasteiger partial charge on any atom is -0.394 e. The van der Waals surface area contributed by atoms with Crippen molar-refractivity contribution in [3.8, 4) is 0 Å². The molecule has 4 saturated carbocycles. The summed E-state index contributed by atoms with van der Waals surface area (Å²) in [4.78, 5) is 5.73. The number of hydrogen-bond acceptors (Lipinski definition) is 7. The maximum Gasteiger partial charge on any atom is 0.138 e. The first-order valence-corrected chi connectivity index (χ1v) is 8.47. The third-order valence-electron chi connectivity index (χ3n) is 5.72. The second-order valence-electron chi connectivity index (χ2n) is 7.67. The lowest BCUT2D eigenvalue weighted by atomic mass is 9.54. The van der Waals surface area contributed by atoms with E-state index in [0.717, 1.165) is 25.5 Å². The first-order chi connectivity index (χ1) is 10.9. The molecular formula is C16H27NO6. The molecule has 0 amide bonds. The summed E-state index contributed by atoms with van der Waals surface area (Å²) >= 11 is 0. The van der Waals surface area contributed by atoms with E-state index in [2.05, 4.69) is 5.16 Å². The van der Waals surface area contributed by atoms with Crippen LogP contribution in [0.15, 0.2) is 5.16 Å². The van der Waals surface area contributed by atoms with E-state index in [0.29, 0.717) is 17.8 Å². The zero-order chi connectivity index (χ0) is 16.6. The summed E-state index contributed by atoms with van der Waals surface area (Å²) in [6.07, 6.45) is 1.65. The van der Waals surface area contributed by atoms with E-state index in [1.807, 2.05) is 0 Å². The molecule has 0 spiro atoms. The second kappa shape index (κ2) is 6.64. The Labute approximate surface area is 135 Å². The third kappa shape index (κ3) is 3.53. The lowest BCUT2D eigenvalue weighted by Gasteiger charge is -2.54. The largest absolute Gasteiger partial charge is 0.394 e. The molecule has 0 aliphatic heterocycles. The molecule has 4 atom stereocenters. The Morgan fingerprint density at radius 3 is 1.96 bits per heavy atom. The standard InChI is InChI=1S/C16H27NO6/c18-8-13(20)15(22)14(21)12(19)7-17-23-16-4-9-1-10(5-16)3-11(2-9)6-16/h7,9-15,18-22H,1-6,8H2/b17-7+. The molecule has 0 heterocycles. The van der Waals surface area contributed by atoms with Crippen LogP contribution in [0.25, 0.3) is 0 Å². The zero-order valence-electron chi connectivity index (χ0n) is 13.2. The van der Waals surface area contributed by atoms with E-state index in [-0.39, 0.29) is 5.60 Å². The van der Waals surface area contributed by atoms with Gasteiger partial charge in [-0.05, 0) is 56.3 Å². The van der Waals surface area contributed by atoms with Crippen LogP contribution in [0, 0.1) is 17.8 Å². The number of oxime groups is 1. The summed E-state index contributed by atoms with van der Waals surface area (Å²) in [5.74, 6) is 2.15. The van der Waals surface area contributed by atoms with Crippen molar-refractivity contribution in [3.63, 3.8) is 0 Å². The predicted octanol–water partition coefficient (Wildman–Crippen LogP) is -0.606. The van der Waals surface area contributed by atoms with Crippen molar-refractivity contribution in [1.82, 2.24) is 0 Å². The van der Waals surface area contributed by atoms with Crippen LogP contribution in [0.3, 0.4) is 0 Å². The smallest absolute Gasteiger partial charge is 0.138 e. The topological polar surface area (TPSA) is 123 Å². The molecule has 0 aromatic rings. The van der Waals surface area contributed by atoms with Crippen molar-refractivity contribution in [2.75, 3.05) is 6.61 Å². The Hall–Kier alpha value is -0.730. The Bertz CT molecular complexity index is 407. The van der Waals surface area contributed by atoms with Gasteiger partial charge in [-0.1, -0.05) is 5.16 Å². The van der Waals surface area contributed by atoms with E-state index in [4.69, 9.17) is 9.94 Å². The van der Waals surface area contributed by atoms with Gasteiger partial charge in [-0.3, -0.25) is 0 Å². The molecule has 4 aliphatic rings. The van der Waals surface area contributed by atoms with E-state index < -0.39 is 31.0 Å². The highest BCUT2D eigenvalue weighted by Crippen LogP contribution is 2.57. The van der Waals surface area contributed by atoms with Gasteiger partial charge in [-0.25, -0.2) is 0 Å². The minimum absolute atomic E-state index is 0.237. The summed E-state index contributed by atoms with van der Waals surface area (Å²) < 4.78 is 0. The van der Waals surface area contributed by atoms with Crippen LogP contribution in [0.1, 0.15) is 38.5 Å². The highest BCUT2D eigenvalue weighted by molar-refractivity contribution is 5.63. The van der Waals surface area contributed by atoms with Crippen molar-refractivity contribution in [3.05, 3.63) is 0 Å². The fraction of sp³-hybridized carbons (Fsp3) is 0.938. The molecule has 0 radical (unpaired) electrons. The fourth-order valence-corrected chi connectivity index (χ4v) is 4.97. The maximum atomic E-state index is 9.81. The highest BCUT2D eigenvalue weighted by Gasteiger charge is 2.53. The molecule has 4 bridgehead atoms. The Morgan fingerprint density at radius 2 is 1.48 bits per heavy atom. The molecule has 0 aromatic heterocycles. The van der Waals surface area contributed by atoms with Crippen LogP contribution in [0.5, 0.6) is 0 Å². The third-order valence-corrected chi connectivity index (χ3v) is 5.72. The van der Waals surface area contributed by atoms with Gasteiger partial charge in [0.1, 0.15) is 30.0 Å². The Kier molecular flexibility index (Phi) is 4.94. The normalized spacial score (nSPS) is 41.0. The summed E-state index contributed by atoms with van der Waals surface area (Å²) in [5.41, 5.74) is -0.237. The van der Waals surface area contributed by atoms with Crippen molar-refractivity contribution in [1.29, 1.82) is 0 Å². The average Bonchev–Trinajstić information content (AvgIpc) is 2.51. The predicted molar refractivity (Wildman–Crippen MR) is 81.6 cm³/mol. The Balaban J connectivity index is 1.54. The average molecular weight is 329 g/mol. The molecule has 4 unspecified atom stereocenters. The van der Waals surface area contributed by atoms with Crippen molar-refractivity contribution >= 4 is 6.21 Å². The Morgan fingerprint density at radius 1 is 0.957 bits per heavy atom. The molecule has 4 aliphatic carbocycles. The molecule has 4 fully saturated rings. The number of aliphatic hydroxyl groups is 5. The molecule has 0 aromatic carbocycles. The van der Waals surface area contributed by atoms with Gasteiger partial charge in [0.05, 0.1) is 12.8 Å². The fourth-order valence-electron chi connectivity index (χ4n) is 4.97. The van der Waals surface area contributed by atoms with Crippen molar-refractivity contribution in [2.45, 2.75) is 68.5 Å². The molecule has 7 heteroatoms. The second-order valence-corrected chi connectivity index (χ2v) is 7.67. The summed E-state index contributed by atoms with van der Waals surface area (Å²) in [6, 6.07) is 0. The van der Waals surface area contributed by atoms with Crippen LogP contribution in [-0.4, -0.2) is 68.4 Å². The van der Waals surface area contributed by atoms with E-state index in [1.54, 1.807) is 0 Å². The van der Waals surface area contributed by atoms with Gasteiger partial charge >= 0.3 is 0 Å². The zero-order valence-corrected chi connectivity index (χ0v) is 13.2. The number of nitrogens with zero attached hydrogens (tertiary/aromatic N) is 1. The first kappa shape index (κ1) is 17.1. The lowest BCUT2D eigenvalue weighted by molar-refractivity contribution is -0.162. The number of aliphatic hydroxyl groups excluding tert-OH is 5. The maximum absolute atomic E-state index is 9.81.